The molecule has 15 heteroatoms. The zero-order chi connectivity index (χ0) is 42.1. The first-order chi connectivity index (χ1) is 26.5. The summed E-state index contributed by atoms with van der Waals surface area (Å²) in [5, 5.41) is 15.5. The third-order valence-electron chi connectivity index (χ3n) is 10.5. The first kappa shape index (κ1) is 44.7. The van der Waals surface area contributed by atoms with Gasteiger partial charge in [-0.05, 0) is 85.4 Å². The molecule has 2 aliphatic heterocycles. The van der Waals surface area contributed by atoms with Crippen LogP contribution in [0.4, 0.5) is 15.0 Å². The number of nitrogens with zero attached hydrogens (tertiary/aromatic N) is 6. The fraction of sp³-hybridized carbons (Fsp3) is 0.667. The van der Waals surface area contributed by atoms with Gasteiger partial charge >= 0.3 is 6.09 Å². The Morgan fingerprint density at radius 1 is 0.982 bits per heavy atom. The Kier molecular flexibility index (Phi) is 13.7. The Morgan fingerprint density at radius 2 is 1.56 bits per heavy atom. The van der Waals surface area contributed by atoms with E-state index >= 15 is 4.39 Å². The van der Waals surface area contributed by atoms with Crippen molar-refractivity contribution >= 4 is 39.5 Å². The Morgan fingerprint density at radius 3 is 2.05 bits per heavy atom. The van der Waals surface area contributed by atoms with Crippen LogP contribution in [0.25, 0.3) is 22.5 Å². The molecule has 5 rings (SSSR count). The van der Waals surface area contributed by atoms with Gasteiger partial charge in [-0.2, -0.15) is 9.61 Å². The zero-order valence-electron chi connectivity index (χ0n) is 36.5. The molecule has 3 aromatic heterocycles. The number of hydrogen-bond acceptors (Lipinski definition) is 10. The summed E-state index contributed by atoms with van der Waals surface area (Å²) in [6, 6.07) is 3.32. The van der Waals surface area contributed by atoms with Crippen molar-refractivity contribution in [2.24, 2.45) is 0 Å². The van der Waals surface area contributed by atoms with E-state index in [0.29, 0.717) is 66.6 Å². The van der Waals surface area contributed by atoms with Gasteiger partial charge in [-0.15, -0.1) is 0 Å². The van der Waals surface area contributed by atoms with Gasteiger partial charge in [-0.25, -0.2) is 14.2 Å². The van der Waals surface area contributed by atoms with Crippen LogP contribution in [-0.4, -0.2) is 103 Å². The van der Waals surface area contributed by atoms with E-state index < -0.39 is 33.2 Å². The van der Waals surface area contributed by atoms with Crippen molar-refractivity contribution in [1.82, 2.24) is 24.5 Å². The second-order valence-corrected chi connectivity index (χ2v) is 30.9. The third kappa shape index (κ3) is 11.2. The average molecular weight is 827 g/mol. The molecule has 57 heavy (non-hydrogen) atoms. The lowest BCUT2D eigenvalue weighted by Crippen LogP contribution is -2.48. The summed E-state index contributed by atoms with van der Waals surface area (Å²) in [6.45, 7) is 31.1. The van der Waals surface area contributed by atoms with Crippen LogP contribution < -0.4 is 4.90 Å². The lowest BCUT2D eigenvalue weighted by Gasteiger charge is -2.40. The number of halogens is 1. The van der Waals surface area contributed by atoms with Gasteiger partial charge in [-0.1, -0.05) is 45.9 Å². The minimum absolute atomic E-state index is 0.0266. The van der Waals surface area contributed by atoms with Gasteiger partial charge in [0, 0.05) is 64.7 Å². The van der Waals surface area contributed by atoms with Crippen molar-refractivity contribution in [3.63, 3.8) is 0 Å². The quantitative estimate of drug-likeness (QED) is 0.0610. The maximum atomic E-state index is 15.6. The average Bonchev–Trinajstić information content (AvgIpc) is 3.62. The van der Waals surface area contributed by atoms with E-state index in [-0.39, 0.29) is 43.3 Å². The molecule has 2 aliphatic rings. The monoisotopic (exact) mass is 826 g/mol. The second kappa shape index (κ2) is 17.5. The van der Waals surface area contributed by atoms with E-state index in [9.17, 15) is 9.90 Å². The molecule has 2 bridgehead atoms. The van der Waals surface area contributed by atoms with Crippen LogP contribution in [0.5, 0.6) is 0 Å². The topological polar surface area (TPSA) is 124 Å². The molecule has 1 N–H and O–H groups in total. The number of aromatic nitrogens is 4. The van der Waals surface area contributed by atoms with E-state index in [1.54, 1.807) is 16.9 Å². The molecular formula is C42H67FN6O6Si2. The molecule has 3 aromatic rings. The highest BCUT2D eigenvalue weighted by Crippen LogP contribution is 2.47. The van der Waals surface area contributed by atoms with E-state index in [2.05, 4.69) is 50.8 Å². The number of aliphatic hydroxyl groups is 1. The van der Waals surface area contributed by atoms with Crippen LogP contribution in [-0.2, 0) is 24.5 Å². The molecule has 1 unspecified atom stereocenters. The maximum absolute atomic E-state index is 15.6. The summed E-state index contributed by atoms with van der Waals surface area (Å²) >= 11 is 0. The number of anilines is 1. The van der Waals surface area contributed by atoms with E-state index in [1.807, 2.05) is 37.5 Å². The minimum atomic E-state index is -1.46. The summed E-state index contributed by atoms with van der Waals surface area (Å²) in [6.07, 6.45) is 6.03. The van der Waals surface area contributed by atoms with Crippen molar-refractivity contribution in [2.45, 2.75) is 148 Å². The van der Waals surface area contributed by atoms with E-state index in [0.717, 1.165) is 30.6 Å². The number of ether oxygens (including phenoxy) is 4. The molecule has 12 nitrogen and oxygen atoms in total. The van der Waals surface area contributed by atoms with Gasteiger partial charge in [0.05, 0.1) is 24.1 Å². The Balaban J connectivity index is 1.69. The van der Waals surface area contributed by atoms with Crippen LogP contribution in [0.2, 0.25) is 51.4 Å². The number of carbonyl (C=O) groups excluding carboxylic acids is 1. The van der Waals surface area contributed by atoms with E-state index in [4.69, 9.17) is 29.0 Å². The minimum Gasteiger partial charge on any atom is -0.494 e. The first-order valence-electron chi connectivity index (χ1n) is 20.5. The summed E-state index contributed by atoms with van der Waals surface area (Å²) in [7, 11) is -2.77. The van der Waals surface area contributed by atoms with Gasteiger partial charge in [-0.3, -0.25) is 4.98 Å². The van der Waals surface area contributed by atoms with Crippen molar-refractivity contribution in [3.05, 3.63) is 47.8 Å². The molecule has 0 saturated carbocycles. The van der Waals surface area contributed by atoms with Crippen LogP contribution in [0.3, 0.4) is 0 Å². The van der Waals surface area contributed by atoms with Gasteiger partial charge in [0.2, 0.25) is 0 Å². The van der Waals surface area contributed by atoms with Gasteiger partial charge < -0.3 is 33.9 Å². The first-order valence-corrected chi connectivity index (χ1v) is 27.9. The van der Waals surface area contributed by atoms with Crippen LogP contribution in [0.1, 0.15) is 90.1 Å². The molecule has 316 valence electrons. The summed E-state index contributed by atoms with van der Waals surface area (Å²) in [4.78, 5) is 27.2. The van der Waals surface area contributed by atoms with Crippen LogP contribution in [0.15, 0.2) is 25.0 Å². The fourth-order valence-corrected chi connectivity index (χ4v) is 9.13. The molecule has 3 atom stereocenters. The van der Waals surface area contributed by atoms with Crippen molar-refractivity contribution < 1.29 is 33.2 Å². The largest absolute Gasteiger partial charge is 0.494 e. The van der Waals surface area contributed by atoms with E-state index in [1.165, 1.54) is 19.9 Å². The molecule has 5 heterocycles. The molecule has 2 saturated heterocycles. The lowest BCUT2D eigenvalue weighted by atomic mass is 9.85. The van der Waals surface area contributed by atoms with Gasteiger partial charge in [0.15, 0.2) is 5.65 Å². The highest BCUT2D eigenvalue weighted by atomic mass is 28.3. The van der Waals surface area contributed by atoms with Crippen LogP contribution >= 0.6 is 0 Å². The number of pyridine rings is 1. The molecule has 0 spiro atoms. The summed E-state index contributed by atoms with van der Waals surface area (Å²) < 4.78 is 42.4. The molecule has 0 radical (unpaired) electrons. The predicted molar refractivity (Wildman–Crippen MR) is 229 cm³/mol. The lowest BCUT2D eigenvalue weighted by molar-refractivity contribution is 0.00565. The normalized spacial score (nSPS) is 19.0. The smallest absolute Gasteiger partial charge is 0.410 e. The van der Waals surface area contributed by atoms with Gasteiger partial charge in [0.1, 0.15) is 47.8 Å². The number of amides is 1. The molecule has 2 fully saturated rings. The highest BCUT2D eigenvalue weighted by molar-refractivity contribution is 6.76. The van der Waals surface area contributed by atoms with Crippen molar-refractivity contribution in [2.75, 3.05) is 38.2 Å². The predicted octanol–water partition coefficient (Wildman–Crippen LogP) is 9.24. The second-order valence-electron chi connectivity index (χ2n) is 19.6. The standard InChI is InChI=1S/C42H67FN6O6Si2/c1-14-54-28(2)35-36(29-21-31-15-16-32(22-29)48(31)40(50)55-41(3,4)5)46-38-33(30-23-34(43)37(44-24-30)42(6,7)51)25-45-49(38)39(35)47(26-52-17-19-56(8,9)10)27-53-18-20-57(11,12)13/h23-25,29,31-32,51H,2,14-22,26-27H2,1,3-13H3/t29?,31-,32+. The Bertz CT molecular complexity index is 1860. The number of fused-ring (bicyclic) bond motifs is 3. The number of rotatable bonds is 17. The van der Waals surface area contributed by atoms with Crippen molar-refractivity contribution in [3.8, 4) is 11.1 Å². The molecule has 1 amide bonds. The number of hydrogen-bond donors (Lipinski definition) is 1. The molecule has 0 aromatic carbocycles. The highest BCUT2D eigenvalue weighted by Gasteiger charge is 2.47. The Hall–Kier alpha value is -3.38. The Labute approximate surface area is 341 Å². The SMILES string of the molecule is C=C(OCC)c1c(C2C[C@H]3CC[C@@H](C2)N3C(=O)OC(C)(C)C)nc2c(-c3cnc(C(C)(C)O)c(F)c3)cnn2c1N(COCC[Si](C)(C)C)COCC[Si](C)(C)C. The van der Waals surface area contributed by atoms with Gasteiger partial charge in [0.25, 0.3) is 0 Å². The zero-order valence-corrected chi connectivity index (χ0v) is 38.5. The summed E-state index contributed by atoms with van der Waals surface area (Å²) in [5.41, 5.74) is 0.919. The molecular weight excluding hydrogens is 760 g/mol. The maximum Gasteiger partial charge on any atom is 0.410 e. The van der Waals surface area contributed by atoms with Crippen LogP contribution in [0, 0.1) is 5.82 Å². The molecule has 0 aliphatic carbocycles. The fourth-order valence-electron chi connectivity index (χ4n) is 7.61. The number of carbonyl (C=O) groups is 1. The summed E-state index contributed by atoms with van der Waals surface area (Å²) in [5.74, 6) is 0.409. The number of piperidine rings is 1. The third-order valence-corrected chi connectivity index (χ3v) is 13.9. The van der Waals surface area contributed by atoms with Crippen molar-refractivity contribution in [1.29, 1.82) is 0 Å².